The van der Waals surface area contributed by atoms with E-state index in [-0.39, 0.29) is 17.9 Å². The Morgan fingerprint density at radius 2 is 1.87 bits per heavy atom. The second-order valence-electron chi connectivity index (χ2n) is 7.55. The highest BCUT2D eigenvalue weighted by Gasteiger charge is 2.58. The average molecular weight is 317 g/mol. The molecule has 0 heterocycles. The molecule has 23 heavy (non-hydrogen) atoms. The fraction of sp³-hybridized carbons (Fsp3) is 0.579. The molecule has 0 bridgehead atoms. The Morgan fingerprint density at radius 1 is 1.26 bits per heavy atom. The third-order valence-electron chi connectivity index (χ3n) is 5.79. The molecule has 1 aromatic carbocycles. The lowest BCUT2D eigenvalue weighted by atomic mass is 9.65. The number of carbonyl (C=O) groups is 2. The van der Waals surface area contributed by atoms with Gasteiger partial charge < -0.3 is 10.4 Å². The number of rotatable bonds is 5. The van der Waals surface area contributed by atoms with Gasteiger partial charge >= 0.3 is 5.97 Å². The predicted octanol–water partition coefficient (Wildman–Crippen LogP) is 3.26. The Kier molecular flexibility index (Phi) is 4.83. The predicted molar refractivity (Wildman–Crippen MR) is 90.0 cm³/mol. The van der Waals surface area contributed by atoms with Crippen molar-refractivity contribution in [2.24, 2.45) is 16.7 Å². The number of amides is 1. The lowest BCUT2D eigenvalue weighted by molar-refractivity contribution is -0.155. The van der Waals surface area contributed by atoms with E-state index in [1.165, 1.54) is 5.56 Å². The van der Waals surface area contributed by atoms with Crippen LogP contribution in [0.1, 0.15) is 46.1 Å². The van der Waals surface area contributed by atoms with Gasteiger partial charge in [-0.25, -0.2) is 0 Å². The summed E-state index contributed by atoms with van der Waals surface area (Å²) in [4.78, 5) is 24.3. The van der Waals surface area contributed by atoms with Gasteiger partial charge in [0.1, 0.15) is 0 Å². The second-order valence-corrected chi connectivity index (χ2v) is 7.55. The molecule has 0 aromatic heterocycles. The number of carbonyl (C=O) groups excluding carboxylic acids is 1. The summed E-state index contributed by atoms with van der Waals surface area (Å²) in [6, 6.07) is 10.1. The van der Waals surface area contributed by atoms with Crippen molar-refractivity contribution < 1.29 is 14.7 Å². The van der Waals surface area contributed by atoms with Crippen LogP contribution < -0.4 is 5.32 Å². The van der Waals surface area contributed by atoms with Gasteiger partial charge in [0.15, 0.2) is 0 Å². The van der Waals surface area contributed by atoms with Crippen LogP contribution in [0.5, 0.6) is 0 Å². The molecule has 3 atom stereocenters. The number of carboxylic acids is 1. The number of carboxylic acid groups (broad SMARTS) is 1. The van der Waals surface area contributed by atoms with Crippen LogP contribution in [0.15, 0.2) is 30.3 Å². The SMILES string of the molecule is C[C@@H](Cc1ccccc1)NC(=O)[C@@H]1CC[C@@](C)(C(=O)O)C1(C)C. The van der Waals surface area contributed by atoms with Gasteiger partial charge in [-0.05, 0) is 44.1 Å². The number of hydrogen-bond donors (Lipinski definition) is 2. The van der Waals surface area contributed by atoms with Gasteiger partial charge in [-0.2, -0.15) is 0 Å². The summed E-state index contributed by atoms with van der Waals surface area (Å²) >= 11 is 0. The maximum atomic E-state index is 12.7. The summed E-state index contributed by atoms with van der Waals surface area (Å²) < 4.78 is 0. The van der Waals surface area contributed by atoms with Crippen molar-refractivity contribution in [2.45, 2.75) is 53.0 Å². The van der Waals surface area contributed by atoms with Crippen LogP contribution in [0, 0.1) is 16.7 Å². The molecule has 4 heteroatoms. The smallest absolute Gasteiger partial charge is 0.309 e. The maximum absolute atomic E-state index is 12.7. The standard InChI is InChI=1S/C19H27NO3/c1-13(12-14-8-6-5-7-9-14)20-16(21)15-10-11-19(4,17(22)23)18(15,2)3/h5-9,13,15H,10-12H2,1-4H3,(H,20,21)(H,22,23)/t13-,15-,19-/m0/s1. The molecule has 2 N–H and O–H groups in total. The minimum atomic E-state index is -0.850. The molecular weight excluding hydrogens is 290 g/mol. The molecule has 126 valence electrons. The lowest BCUT2D eigenvalue weighted by Crippen LogP contribution is -2.47. The minimum absolute atomic E-state index is 0.0246. The van der Waals surface area contributed by atoms with E-state index >= 15 is 0 Å². The second kappa shape index (κ2) is 6.34. The van der Waals surface area contributed by atoms with Crippen LogP contribution >= 0.6 is 0 Å². The van der Waals surface area contributed by atoms with Gasteiger partial charge in [0.2, 0.25) is 5.91 Å². The third kappa shape index (κ3) is 3.26. The lowest BCUT2D eigenvalue weighted by Gasteiger charge is -2.38. The number of aliphatic carboxylic acids is 1. The molecule has 0 aliphatic heterocycles. The van der Waals surface area contributed by atoms with Crippen molar-refractivity contribution in [1.82, 2.24) is 5.32 Å². The van der Waals surface area contributed by atoms with Crippen molar-refractivity contribution in [3.8, 4) is 0 Å². The van der Waals surface area contributed by atoms with E-state index < -0.39 is 16.8 Å². The minimum Gasteiger partial charge on any atom is -0.481 e. The zero-order valence-electron chi connectivity index (χ0n) is 14.4. The summed E-state index contributed by atoms with van der Waals surface area (Å²) in [7, 11) is 0. The monoisotopic (exact) mass is 317 g/mol. The first-order valence-corrected chi connectivity index (χ1v) is 8.26. The first-order chi connectivity index (χ1) is 10.7. The Bertz CT molecular complexity index is 582. The highest BCUT2D eigenvalue weighted by atomic mass is 16.4. The largest absolute Gasteiger partial charge is 0.481 e. The molecule has 1 aromatic rings. The van der Waals surface area contributed by atoms with Crippen molar-refractivity contribution >= 4 is 11.9 Å². The third-order valence-corrected chi connectivity index (χ3v) is 5.79. The molecule has 1 aliphatic rings. The van der Waals surface area contributed by atoms with E-state index in [4.69, 9.17) is 0 Å². The fourth-order valence-corrected chi connectivity index (χ4v) is 3.70. The fourth-order valence-electron chi connectivity index (χ4n) is 3.70. The van der Waals surface area contributed by atoms with Crippen LogP contribution in [0.25, 0.3) is 0 Å². The van der Waals surface area contributed by atoms with E-state index in [1.54, 1.807) is 6.92 Å². The zero-order chi connectivity index (χ0) is 17.3. The molecule has 1 amide bonds. The Hall–Kier alpha value is -1.84. The first-order valence-electron chi connectivity index (χ1n) is 8.26. The van der Waals surface area contributed by atoms with Gasteiger partial charge in [-0.3, -0.25) is 9.59 Å². The highest BCUT2D eigenvalue weighted by Crippen LogP contribution is 2.56. The topological polar surface area (TPSA) is 66.4 Å². The van der Waals surface area contributed by atoms with Gasteiger partial charge in [0, 0.05) is 12.0 Å². The van der Waals surface area contributed by atoms with Crippen molar-refractivity contribution in [2.75, 3.05) is 0 Å². The molecule has 0 spiro atoms. The molecule has 2 rings (SSSR count). The van der Waals surface area contributed by atoms with Crippen LogP contribution in [0.3, 0.4) is 0 Å². The molecule has 1 fully saturated rings. The molecule has 0 unspecified atom stereocenters. The van der Waals surface area contributed by atoms with Gasteiger partial charge in [-0.15, -0.1) is 0 Å². The first kappa shape index (κ1) is 17.5. The van der Waals surface area contributed by atoms with Crippen molar-refractivity contribution in [3.05, 3.63) is 35.9 Å². The van der Waals surface area contributed by atoms with Crippen molar-refractivity contribution in [1.29, 1.82) is 0 Å². The van der Waals surface area contributed by atoms with E-state index in [9.17, 15) is 14.7 Å². The molecule has 0 saturated heterocycles. The summed E-state index contributed by atoms with van der Waals surface area (Å²) in [6.45, 7) is 7.56. The van der Waals surface area contributed by atoms with Crippen LogP contribution in [-0.2, 0) is 16.0 Å². The van der Waals surface area contributed by atoms with Crippen LogP contribution in [0.2, 0.25) is 0 Å². The summed E-state index contributed by atoms with van der Waals surface area (Å²) in [5.74, 6) is -1.10. The molecule has 1 saturated carbocycles. The normalized spacial score (nSPS) is 27.4. The maximum Gasteiger partial charge on any atom is 0.309 e. The van der Waals surface area contributed by atoms with Gasteiger partial charge in [0.25, 0.3) is 0 Å². The number of nitrogens with one attached hydrogen (secondary N) is 1. The van der Waals surface area contributed by atoms with E-state index in [0.29, 0.717) is 12.8 Å². The van der Waals surface area contributed by atoms with Gasteiger partial charge in [0.05, 0.1) is 5.41 Å². The number of hydrogen-bond acceptors (Lipinski definition) is 2. The van der Waals surface area contributed by atoms with E-state index in [0.717, 1.165) is 6.42 Å². The van der Waals surface area contributed by atoms with Crippen LogP contribution in [-0.4, -0.2) is 23.0 Å². The summed E-state index contributed by atoms with van der Waals surface area (Å²) in [5.41, 5.74) is -0.228. The Labute approximate surface area is 138 Å². The summed E-state index contributed by atoms with van der Waals surface area (Å²) in [5, 5.41) is 12.6. The Morgan fingerprint density at radius 3 is 2.39 bits per heavy atom. The molecule has 1 aliphatic carbocycles. The molecular formula is C19H27NO3. The molecule has 0 radical (unpaired) electrons. The van der Waals surface area contributed by atoms with Gasteiger partial charge in [-0.1, -0.05) is 44.2 Å². The highest BCUT2D eigenvalue weighted by molar-refractivity contribution is 5.84. The molecule has 4 nitrogen and oxygen atoms in total. The average Bonchev–Trinajstić information content (AvgIpc) is 2.71. The van der Waals surface area contributed by atoms with E-state index in [1.807, 2.05) is 51.1 Å². The van der Waals surface area contributed by atoms with E-state index in [2.05, 4.69) is 5.32 Å². The van der Waals surface area contributed by atoms with Crippen molar-refractivity contribution in [3.63, 3.8) is 0 Å². The van der Waals surface area contributed by atoms with Crippen LogP contribution in [0.4, 0.5) is 0 Å². The quantitative estimate of drug-likeness (QED) is 0.876. The summed E-state index contributed by atoms with van der Waals surface area (Å²) in [6.07, 6.45) is 1.94. The Balaban J connectivity index is 2.02. The zero-order valence-corrected chi connectivity index (χ0v) is 14.4. The number of benzene rings is 1.